The average Bonchev–Trinajstić information content (AvgIpc) is 2.71. The molecule has 7 heteroatoms. The first-order valence-corrected chi connectivity index (χ1v) is 9.16. The van der Waals surface area contributed by atoms with Crippen LogP contribution in [0.2, 0.25) is 0 Å². The minimum absolute atomic E-state index is 0. The summed E-state index contributed by atoms with van der Waals surface area (Å²) in [7, 11) is 8.10. The zero-order valence-corrected chi connectivity index (χ0v) is 23.0. The minimum Gasteiger partial charge on any atom is -1.00 e. The summed E-state index contributed by atoms with van der Waals surface area (Å²) in [5, 5.41) is 0. The van der Waals surface area contributed by atoms with E-state index in [-0.39, 0.29) is 51.0 Å². The first kappa shape index (κ1) is 29.1. The van der Waals surface area contributed by atoms with E-state index in [4.69, 9.17) is 0 Å². The van der Waals surface area contributed by atoms with Gasteiger partial charge in [-0.05, 0) is 48.5 Å². The maximum Gasteiger partial charge on any atom is 2.00 e. The maximum absolute atomic E-state index is 4.54. The van der Waals surface area contributed by atoms with E-state index in [2.05, 4.69) is 50.1 Å². The Morgan fingerprint density at radius 2 is 0.968 bits per heavy atom. The Morgan fingerprint density at radius 1 is 0.613 bits per heavy atom. The van der Waals surface area contributed by atoms with Crippen molar-refractivity contribution in [3.8, 4) is 0 Å². The van der Waals surface area contributed by atoms with Crippen molar-refractivity contribution in [3.63, 3.8) is 0 Å². The second-order valence-corrected chi connectivity index (χ2v) is 6.90. The number of rotatable bonds is 6. The Labute approximate surface area is 217 Å². The second-order valence-electron chi connectivity index (χ2n) is 6.90. The first-order chi connectivity index (χ1) is 13.5. The van der Waals surface area contributed by atoms with E-state index in [0.717, 1.165) is 33.9 Å². The number of hydrogen-bond donors (Lipinski definition) is 0. The van der Waals surface area contributed by atoms with Crippen LogP contribution in [0.3, 0.4) is 0 Å². The van der Waals surface area contributed by atoms with Crippen LogP contribution >= 0.6 is 0 Å². The van der Waals surface area contributed by atoms with Crippen LogP contribution in [-0.2, 0) is 0 Å². The Kier molecular flexibility index (Phi) is 13.3. The monoisotopic (exact) mass is 648 g/mol. The first-order valence-electron chi connectivity index (χ1n) is 9.16. The van der Waals surface area contributed by atoms with Crippen LogP contribution in [-0.4, -0.2) is 66.8 Å². The molecule has 3 rings (SSSR count). The van der Waals surface area contributed by atoms with Crippen LogP contribution in [0.5, 0.6) is 0 Å². The molecule has 0 bridgehead atoms. The Morgan fingerprint density at radius 3 is 1.29 bits per heavy atom. The van der Waals surface area contributed by atoms with Gasteiger partial charge >= 0.3 is 26.2 Å². The Bertz CT molecular complexity index is 893. The van der Waals surface area contributed by atoms with Gasteiger partial charge in [-0.15, -0.1) is 0 Å². The van der Waals surface area contributed by atoms with Crippen molar-refractivity contribution in [2.24, 2.45) is 9.98 Å². The summed E-state index contributed by atoms with van der Waals surface area (Å²) in [5.74, 6) is 0. The molecule has 0 saturated carbocycles. The third-order valence-electron chi connectivity index (χ3n) is 4.28. The molecule has 0 heterocycles. The largest absolute Gasteiger partial charge is 2.00 e. The van der Waals surface area contributed by atoms with E-state index in [1.165, 1.54) is 0 Å². The van der Waals surface area contributed by atoms with Crippen LogP contribution in [0.25, 0.3) is 0 Å². The van der Waals surface area contributed by atoms with E-state index < -0.39 is 0 Å². The van der Waals surface area contributed by atoms with E-state index in [1.807, 2.05) is 83.1 Å². The fraction of sp³-hybridized carbons (Fsp3) is 0.167. The maximum atomic E-state index is 4.54. The zero-order valence-electron chi connectivity index (χ0n) is 18.0. The topological polar surface area (TPSA) is 31.2 Å². The Hall–Kier alpha value is -1.94. The molecule has 160 valence electrons. The molecule has 0 aliphatic rings. The van der Waals surface area contributed by atoms with Crippen LogP contribution in [0, 0.1) is 6.07 Å². The van der Waals surface area contributed by atoms with Gasteiger partial charge in [0.1, 0.15) is 0 Å². The van der Waals surface area contributed by atoms with Crippen LogP contribution < -0.4 is 34.6 Å². The summed E-state index contributed by atoms with van der Waals surface area (Å²) in [5.41, 5.74) is 5.98. The van der Waals surface area contributed by atoms with Crippen molar-refractivity contribution < 1.29 is 24.8 Å². The number of hydrogen-bond acceptors (Lipinski definition) is 4. The van der Waals surface area contributed by atoms with Gasteiger partial charge < -0.3 is 34.6 Å². The summed E-state index contributed by atoms with van der Waals surface area (Å²) < 4.78 is 0. The summed E-state index contributed by atoms with van der Waals surface area (Å²) in [6.07, 6.45) is 3.65. The fourth-order valence-corrected chi connectivity index (χ4v) is 2.62. The number of anilines is 2. The molecule has 0 aromatic heterocycles. The molecule has 0 aliphatic heterocycles. The van der Waals surface area contributed by atoms with E-state index >= 15 is 0 Å². The normalized spacial score (nSPS) is 10.2. The molecule has 3 aromatic carbocycles. The molecule has 0 aliphatic carbocycles. The molecule has 0 N–H and O–H groups in total. The minimum atomic E-state index is 0. The van der Waals surface area contributed by atoms with Gasteiger partial charge in [0.15, 0.2) is 0 Å². The van der Waals surface area contributed by atoms with Crippen molar-refractivity contribution in [3.05, 3.63) is 83.9 Å². The van der Waals surface area contributed by atoms with Crippen molar-refractivity contribution in [2.75, 3.05) is 38.0 Å². The van der Waals surface area contributed by atoms with E-state index in [1.54, 1.807) is 0 Å². The molecule has 0 fully saturated rings. The third-order valence-corrected chi connectivity index (χ3v) is 4.28. The number of aliphatic imine (C=N–C) groups is 2. The molecule has 4 radical (unpaired) electrons. The zero-order chi connectivity index (χ0) is 19.9. The van der Waals surface area contributed by atoms with Gasteiger partial charge in [0.25, 0.3) is 0 Å². The third kappa shape index (κ3) is 8.98. The van der Waals surface area contributed by atoms with E-state index in [9.17, 15) is 0 Å². The van der Waals surface area contributed by atoms with Crippen molar-refractivity contribution >= 4 is 61.4 Å². The molecule has 0 spiro atoms. The van der Waals surface area contributed by atoms with Gasteiger partial charge in [-0.3, -0.25) is 9.98 Å². The smallest absolute Gasteiger partial charge is 1.00 e. The summed E-state index contributed by atoms with van der Waals surface area (Å²) in [6.45, 7) is 0. The van der Waals surface area contributed by atoms with Crippen LogP contribution in [0.4, 0.5) is 22.7 Å². The standard InChI is InChI=1S/C24H25N4.Bi.2ClH/c1-27(2)23-12-8-21(9-13-23)25-17-19-6-5-7-20(16-19)18-26-22-10-14-24(15-11-22)28(3)4;;;/h5-15,17-18H,1-4H3;;2*1H/q;+2;;/p-2. The summed E-state index contributed by atoms with van der Waals surface area (Å²) >= 11 is 0. The molecular weight excluding hydrogens is 624 g/mol. The van der Waals surface area contributed by atoms with Gasteiger partial charge in [-0.1, -0.05) is 18.2 Å². The molecule has 0 amide bonds. The SMILES string of the molecule is CN(C)c1ccc(N=Cc2[c]c(C=Nc3ccc(N(C)C)cc3)ccc2)cc1.[Bi+2].[Cl-].[Cl-]. The summed E-state index contributed by atoms with van der Waals surface area (Å²) in [4.78, 5) is 13.2. The van der Waals surface area contributed by atoms with Crippen LogP contribution in [0.1, 0.15) is 11.1 Å². The van der Waals surface area contributed by atoms with Gasteiger partial charge in [0, 0.05) is 69.2 Å². The predicted molar refractivity (Wildman–Crippen MR) is 127 cm³/mol. The molecule has 0 saturated heterocycles. The predicted octanol–water partition coefficient (Wildman–Crippen LogP) is -1.25. The van der Waals surface area contributed by atoms with E-state index in [0.29, 0.717) is 0 Å². The Balaban J connectivity index is 0.00000300. The number of benzene rings is 3. The van der Waals surface area contributed by atoms with Crippen molar-refractivity contribution in [1.82, 2.24) is 0 Å². The quantitative estimate of drug-likeness (QED) is 0.247. The molecule has 3 aromatic rings. The molecule has 31 heavy (non-hydrogen) atoms. The molecular formula is C24H25BiCl2N4. The molecule has 0 atom stereocenters. The number of halogens is 2. The van der Waals surface area contributed by atoms with Gasteiger partial charge in [-0.2, -0.15) is 0 Å². The van der Waals surface area contributed by atoms with Gasteiger partial charge in [0.05, 0.1) is 11.4 Å². The van der Waals surface area contributed by atoms with Crippen molar-refractivity contribution in [2.45, 2.75) is 0 Å². The average molecular weight is 649 g/mol. The number of nitrogens with zero attached hydrogens (tertiary/aromatic N) is 4. The fourth-order valence-electron chi connectivity index (χ4n) is 2.62. The van der Waals surface area contributed by atoms with Gasteiger partial charge in [-0.25, -0.2) is 0 Å². The molecule has 4 nitrogen and oxygen atoms in total. The van der Waals surface area contributed by atoms with Crippen LogP contribution in [0.15, 0.2) is 76.7 Å². The second kappa shape index (κ2) is 14.2. The molecule has 0 unspecified atom stereocenters. The summed E-state index contributed by atoms with van der Waals surface area (Å²) in [6, 6.07) is 25.6. The van der Waals surface area contributed by atoms with Gasteiger partial charge in [0.2, 0.25) is 0 Å². The van der Waals surface area contributed by atoms with Crippen molar-refractivity contribution in [1.29, 1.82) is 0 Å².